The summed E-state index contributed by atoms with van der Waals surface area (Å²) in [5.41, 5.74) is 0.955. The molecule has 0 radical (unpaired) electrons. The molecule has 2 aromatic heterocycles. The van der Waals surface area contributed by atoms with Crippen LogP contribution in [0.15, 0.2) is 83.4 Å². The minimum atomic E-state index is -0.155. The Bertz CT molecular complexity index is 1110. The summed E-state index contributed by atoms with van der Waals surface area (Å²) in [4.78, 5) is 18.5. The van der Waals surface area contributed by atoms with Crippen LogP contribution in [0.4, 0.5) is 0 Å². The van der Waals surface area contributed by atoms with Crippen molar-refractivity contribution in [2.24, 2.45) is 0 Å². The van der Waals surface area contributed by atoms with E-state index in [4.69, 9.17) is 9.15 Å². The molecule has 0 bridgehead atoms. The number of amides is 1. The Hall–Kier alpha value is -3.60. The zero-order valence-electron chi connectivity index (χ0n) is 16.2. The molecule has 2 heterocycles. The highest BCUT2D eigenvalue weighted by Crippen LogP contribution is 2.22. The summed E-state index contributed by atoms with van der Waals surface area (Å²) in [5, 5.41) is 2.29. The summed E-state index contributed by atoms with van der Waals surface area (Å²) in [6.45, 7) is 0.836. The Morgan fingerprint density at radius 2 is 1.83 bits per heavy atom. The summed E-state index contributed by atoms with van der Waals surface area (Å²) in [6.07, 6.45) is 2.45. The van der Waals surface area contributed by atoms with Crippen LogP contribution in [0.5, 0.6) is 5.75 Å². The van der Waals surface area contributed by atoms with Gasteiger partial charge in [0.1, 0.15) is 18.1 Å². The highest BCUT2D eigenvalue weighted by molar-refractivity contribution is 5.91. The van der Waals surface area contributed by atoms with Gasteiger partial charge < -0.3 is 14.1 Å². The van der Waals surface area contributed by atoms with Crippen molar-refractivity contribution in [1.82, 2.24) is 9.88 Å². The largest absolute Gasteiger partial charge is 0.486 e. The predicted octanol–water partition coefficient (Wildman–Crippen LogP) is 4.72. The second kappa shape index (κ2) is 8.61. The number of hydrogen-bond acceptors (Lipinski definition) is 4. The van der Waals surface area contributed by atoms with Gasteiger partial charge in [-0.05, 0) is 47.2 Å². The average molecular weight is 386 g/mol. The van der Waals surface area contributed by atoms with E-state index in [2.05, 4.69) is 11.1 Å². The highest BCUT2D eigenvalue weighted by Gasteiger charge is 2.16. The van der Waals surface area contributed by atoms with Crippen LogP contribution in [0.3, 0.4) is 0 Å². The van der Waals surface area contributed by atoms with Crippen molar-refractivity contribution in [3.05, 3.63) is 96.2 Å². The number of aromatic nitrogens is 1. The summed E-state index contributed by atoms with van der Waals surface area (Å²) in [5.74, 6) is 1.53. The number of benzene rings is 2. The first-order valence-corrected chi connectivity index (χ1v) is 9.55. The van der Waals surface area contributed by atoms with E-state index < -0.39 is 0 Å². The molecule has 0 unspecified atom stereocenters. The topological polar surface area (TPSA) is 55.6 Å². The number of carbonyl (C=O) groups excluding carboxylic acids is 1. The van der Waals surface area contributed by atoms with E-state index in [1.165, 1.54) is 5.39 Å². The van der Waals surface area contributed by atoms with Gasteiger partial charge in [-0.3, -0.25) is 9.78 Å². The van der Waals surface area contributed by atoms with E-state index in [0.29, 0.717) is 24.5 Å². The van der Waals surface area contributed by atoms with Gasteiger partial charge in [0.25, 0.3) is 5.91 Å². The van der Waals surface area contributed by atoms with Gasteiger partial charge in [0, 0.05) is 31.9 Å². The summed E-state index contributed by atoms with van der Waals surface area (Å²) in [6, 6.07) is 23.3. The number of ether oxygens (including phenoxy) is 1. The second-order valence-electron chi connectivity index (χ2n) is 6.86. The van der Waals surface area contributed by atoms with E-state index >= 15 is 0 Å². The van der Waals surface area contributed by atoms with Crippen molar-refractivity contribution in [3.63, 3.8) is 0 Å². The van der Waals surface area contributed by atoms with E-state index in [1.807, 2.05) is 54.6 Å². The molecule has 0 fully saturated rings. The molecule has 5 heteroatoms. The molecule has 1 amide bonds. The number of nitrogens with zero attached hydrogens (tertiary/aromatic N) is 2. The molecule has 0 saturated heterocycles. The van der Waals surface area contributed by atoms with E-state index in [0.717, 1.165) is 16.8 Å². The number of carbonyl (C=O) groups is 1. The first-order chi connectivity index (χ1) is 14.2. The molecule has 0 N–H and O–H groups in total. The molecule has 0 aliphatic rings. The van der Waals surface area contributed by atoms with E-state index in [-0.39, 0.29) is 12.5 Å². The SMILES string of the molecule is CN(CCc1ccccn1)C(=O)c1ccc(COc2ccc3ccccc3c2)o1. The van der Waals surface area contributed by atoms with Gasteiger partial charge in [0.05, 0.1) is 0 Å². The number of fused-ring (bicyclic) bond motifs is 1. The van der Waals surface area contributed by atoms with Crippen LogP contribution in [0.1, 0.15) is 22.0 Å². The standard InChI is InChI=1S/C24H22N2O3/c1-26(15-13-20-8-4-5-14-25-20)24(27)23-12-11-22(29-23)17-28-21-10-9-18-6-2-3-7-19(18)16-21/h2-12,14,16H,13,15,17H2,1H3. The van der Waals surface area contributed by atoms with Gasteiger partial charge in [0.2, 0.25) is 0 Å². The first kappa shape index (κ1) is 18.7. The number of rotatable bonds is 7. The van der Waals surface area contributed by atoms with Crippen LogP contribution in [-0.2, 0) is 13.0 Å². The fraction of sp³-hybridized carbons (Fsp3) is 0.167. The van der Waals surface area contributed by atoms with Crippen LogP contribution >= 0.6 is 0 Å². The molecule has 4 aromatic rings. The fourth-order valence-corrected chi connectivity index (χ4v) is 3.10. The van der Waals surface area contributed by atoms with Crippen LogP contribution < -0.4 is 4.74 Å². The zero-order chi connectivity index (χ0) is 20.1. The lowest BCUT2D eigenvalue weighted by Gasteiger charge is -2.15. The number of furan rings is 1. The monoisotopic (exact) mass is 386 g/mol. The minimum Gasteiger partial charge on any atom is -0.486 e. The lowest BCUT2D eigenvalue weighted by molar-refractivity contribution is 0.0760. The van der Waals surface area contributed by atoms with Crippen LogP contribution in [0, 0.1) is 0 Å². The summed E-state index contributed by atoms with van der Waals surface area (Å²) in [7, 11) is 1.76. The maximum absolute atomic E-state index is 12.6. The molecule has 0 aliphatic heterocycles. The Kier molecular flexibility index (Phi) is 5.56. The maximum Gasteiger partial charge on any atom is 0.289 e. The third-order valence-corrected chi connectivity index (χ3v) is 4.75. The number of likely N-dealkylation sites (N-methyl/N-ethyl adjacent to an activating group) is 1. The van der Waals surface area contributed by atoms with E-state index in [1.54, 1.807) is 30.3 Å². The zero-order valence-corrected chi connectivity index (χ0v) is 16.2. The third kappa shape index (κ3) is 4.63. The minimum absolute atomic E-state index is 0.155. The molecule has 146 valence electrons. The maximum atomic E-state index is 12.6. The Balaban J connectivity index is 1.33. The van der Waals surface area contributed by atoms with Crippen molar-refractivity contribution in [2.45, 2.75) is 13.0 Å². The van der Waals surface area contributed by atoms with E-state index in [9.17, 15) is 4.79 Å². The van der Waals surface area contributed by atoms with Gasteiger partial charge in [-0.15, -0.1) is 0 Å². The van der Waals surface area contributed by atoms with Crippen LogP contribution in [0.2, 0.25) is 0 Å². The quantitative estimate of drug-likeness (QED) is 0.461. The molecule has 0 aliphatic carbocycles. The highest BCUT2D eigenvalue weighted by atomic mass is 16.5. The normalized spacial score (nSPS) is 10.8. The molecule has 0 spiro atoms. The third-order valence-electron chi connectivity index (χ3n) is 4.75. The summed E-state index contributed by atoms with van der Waals surface area (Å²) < 4.78 is 11.5. The Labute approximate surface area is 169 Å². The van der Waals surface area contributed by atoms with Crippen molar-refractivity contribution >= 4 is 16.7 Å². The Morgan fingerprint density at radius 3 is 2.66 bits per heavy atom. The average Bonchev–Trinajstić information content (AvgIpc) is 3.25. The molecular weight excluding hydrogens is 364 g/mol. The molecule has 4 rings (SSSR count). The molecule has 0 atom stereocenters. The molecule has 5 nitrogen and oxygen atoms in total. The van der Waals surface area contributed by atoms with Gasteiger partial charge in [-0.25, -0.2) is 0 Å². The first-order valence-electron chi connectivity index (χ1n) is 9.55. The number of hydrogen-bond donors (Lipinski definition) is 0. The molecular formula is C24H22N2O3. The predicted molar refractivity (Wildman–Crippen MR) is 112 cm³/mol. The summed E-state index contributed by atoms with van der Waals surface area (Å²) >= 11 is 0. The van der Waals surface area contributed by atoms with Gasteiger partial charge in [0.15, 0.2) is 5.76 Å². The van der Waals surface area contributed by atoms with Gasteiger partial charge in [-0.1, -0.05) is 36.4 Å². The van der Waals surface area contributed by atoms with Crippen LogP contribution in [0.25, 0.3) is 10.8 Å². The molecule has 0 saturated carbocycles. The van der Waals surface area contributed by atoms with Crippen LogP contribution in [-0.4, -0.2) is 29.4 Å². The van der Waals surface area contributed by atoms with Crippen molar-refractivity contribution in [1.29, 1.82) is 0 Å². The van der Waals surface area contributed by atoms with Crippen molar-refractivity contribution < 1.29 is 13.9 Å². The Morgan fingerprint density at radius 1 is 1.00 bits per heavy atom. The smallest absolute Gasteiger partial charge is 0.289 e. The van der Waals surface area contributed by atoms with Crippen molar-refractivity contribution in [3.8, 4) is 5.75 Å². The van der Waals surface area contributed by atoms with Gasteiger partial charge >= 0.3 is 0 Å². The number of pyridine rings is 1. The van der Waals surface area contributed by atoms with Crippen molar-refractivity contribution in [2.75, 3.05) is 13.6 Å². The lowest BCUT2D eigenvalue weighted by atomic mass is 10.1. The lowest BCUT2D eigenvalue weighted by Crippen LogP contribution is -2.28. The second-order valence-corrected chi connectivity index (χ2v) is 6.86. The van der Waals surface area contributed by atoms with Gasteiger partial charge in [-0.2, -0.15) is 0 Å². The molecule has 29 heavy (non-hydrogen) atoms. The molecule has 2 aromatic carbocycles. The fourth-order valence-electron chi connectivity index (χ4n) is 3.10.